The fourth-order valence-electron chi connectivity index (χ4n) is 3.94. The summed E-state index contributed by atoms with van der Waals surface area (Å²) in [6.45, 7) is 1.80. The van der Waals surface area contributed by atoms with Crippen LogP contribution in [0.4, 0.5) is 5.69 Å². The van der Waals surface area contributed by atoms with Crippen molar-refractivity contribution in [3.8, 4) is 33.9 Å². The average molecular weight is 461 g/mol. The van der Waals surface area contributed by atoms with E-state index in [4.69, 9.17) is 4.98 Å². The van der Waals surface area contributed by atoms with Crippen molar-refractivity contribution in [2.24, 2.45) is 0 Å². The number of anilines is 1. The van der Waals surface area contributed by atoms with E-state index < -0.39 is 0 Å². The summed E-state index contributed by atoms with van der Waals surface area (Å²) < 4.78 is 0. The van der Waals surface area contributed by atoms with E-state index in [1.807, 2.05) is 36.5 Å². The number of pyridine rings is 4. The van der Waals surface area contributed by atoms with Crippen LogP contribution in [0.25, 0.3) is 56.0 Å². The van der Waals surface area contributed by atoms with Crippen molar-refractivity contribution in [2.75, 3.05) is 5.32 Å². The number of carbonyl (C=O) groups excluding carboxylic acids is 1. The number of carbonyl (C=O) groups is 1. The highest BCUT2D eigenvalue weighted by atomic mass is 16.1. The van der Waals surface area contributed by atoms with Gasteiger partial charge in [-0.15, -0.1) is 0 Å². The van der Waals surface area contributed by atoms with E-state index in [0.717, 1.165) is 33.1 Å². The molecular weight excluding hydrogens is 442 g/mol. The Balaban J connectivity index is 1.43. The summed E-state index contributed by atoms with van der Waals surface area (Å²) in [4.78, 5) is 37.3. The molecule has 0 aliphatic carbocycles. The molecule has 0 saturated carbocycles. The maximum Gasteiger partial charge on any atom is 0.224 e. The molecule has 0 radical (unpaired) electrons. The van der Waals surface area contributed by atoms with Crippen molar-refractivity contribution in [2.45, 2.75) is 13.3 Å². The van der Waals surface area contributed by atoms with Crippen molar-refractivity contribution >= 4 is 33.7 Å². The molecule has 6 aromatic heterocycles. The Labute approximate surface area is 198 Å². The van der Waals surface area contributed by atoms with Gasteiger partial charge in [0.15, 0.2) is 11.5 Å². The zero-order valence-electron chi connectivity index (χ0n) is 18.6. The van der Waals surface area contributed by atoms with Crippen LogP contribution in [0.15, 0.2) is 67.5 Å². The molecule has 0 unspecified atom stereocenters. The molecule has 170 valence electrons. The summed E-state index contributed by atoms with van der Waals surface area (Å²) in [5.74, 6) is 0.517. The predicted molar refractivity (Wildman–Crippen MR) is 132 cm³/mol. The van der Waals surface area contributed by atoms with Gasteiger partial charge >= 0.3 is 0 Å². The molecule has 0 spiro atoms. The number of hydrogen-bond donors (Lipinski definition) is 3. The molecule has 6 heterocycles. The SMILES string of the molecule is CCC(=O)Nc1cncc(-c2cc3c(-c4nc5nccc(-c6cccnc6)c5[nH]4)n[nH]c3cn2)c1. The van der Waals surface area contributed by atoms with Gasteiger partial charge in [0, 0.05) is 53.3 Å². The van der Waals surface area contributed by atoms with Gasteiger partial charge in [0.25, 0.3) is 0 Å². The number of aromatic nitrogens is 8. The van der Waals surface area contributed by atoms with Gasteiger partial charge in [-0.2, -0.15) is 5.10 Å². The van der Waals surface area contributed by atoms with Gasteiger partial charge in [0.05, 0.1) is 34.8 Å². The van der Waals surface area contributed by atoms with Crippen molar-refractivity contribution in [3.05, 3.63) is 67.5 Å². The Morgan fingerprint density at radius 2 is 1.91 bits per heavy atom. The number of imidazole rings is 1. The minimum atomic E-state index is -0.0753. The van der Waals surface area contributed by atoms with Crippen LogP contribution in [0.1, 0.15) is 13.3 Å². The van der Waals surface area contributed by atoms with Crippen LogP contribution in [0, 0.1) is 0 Å². The zero-order valence-corrected chi connectivity index (χ0v) is 18.6. The predicted octanol–water partition coefficient (Wildman–Crippen LogP) is 4.37. The van der Waals surface area contributed by atoms with Crippen LogP contribution >= 0.6 is 0 Å². The lowest BCUT2D eigenvalue weighted by molar-refractivity contribution is -0.115. The molecule has 0 bridgehead atoms. The summed E-state index contributed by atoms with van der Waals surface area (Å²) in [6.07, 6.45) is 10.7. The number of amides is 1. The van der Waals surface area contributed by atoms with Crippen molar-refractivity contribution in [3.63, 3.8) is 0 Å². The lowest BCUT2D eigenvalue weighted by atomic mass is 10.1. The first kappa shape index (κ1) is 20.6. The van der Waals surface area contributed by atoms with Crippen LogP contribution in [0.3, 0.4) is 0 Å². The summed E-state index contributed by atoms with van der Waals surface area (Å²) in [5.41, 5.74) is 6.85. The lowest BCUT2D eigenvalue weighted by Gasteiger charge is -2.06. The zero-order chi connectivity index (χ0) is 23.8. The Hall–Kier alpha value is -4.99. The average Bonchev–Trinajstić information content (AvgIpc) is 3.53. The Morgan fingerprint density at radius 3 is 2.77 bits per heavy atom. The van der Waals surface area contributed by atoms with Crippen molar-refractivity contribution < 1.29 is 4.79 Å². The van der Waals surface area contributed by atoms with Gasteiger partial charge in [-0.05, 0) is 24.3 Å². The fraction of sp³-hybridized carbons (Fsp3) is 0.0800. The molecule has 0 atom stereocenters. The van der Waals surface area contributed by atoms with Gasteiger partial charge in [0.1, 0.15) is 5.69 Å². The third kappa shape index (κ3) is 3.76. The Morgan fingerprint density at radius 1 is 1.00 bits per heavy atom. The Kier molecular flexibility index (Phi) is 4.95. The molecule has 0 aliphatic heterocycles. The third-order valence-corrected chi connectivity index (χ3v) is 5.68. The van der Waals surface area contributed by atoms with Gasteiger partial charge in [-0.1, -0.05) is 13.0 Å². The van der Waals surface area contributed by atoms with E-state index in [0.29, 0.717) is 35.0 Å². The number of aromatic amines is 2. The van der Waals surface area contributed by atoms with Gasteiger partial charge in [-0.25, -0.2) is 9.97 Å². The summed E-state index contributed by atoms with van der Waals surface area (Å²) in [6, 6.07) is 9.60. The van der Waals surface area contributed by atoms with E-state index in [9.17, 15) is 4.79 Å². The fourth-order valence-corrected chi connectivity index (χ4v) is 3.94. The van der Waals surface area contributed by atoms with Crippen LogP contribution in [-0.2, 0) is 4.79 Å². The topological polar surface area (TPSA) is 138 Å². The maximum atomic E-state index is 11.8. The molecule has 35 heavy (non-hydrogen) atoms. The molecule has 0 fully saturated rings. The first-order valence-electron chi connectivity index (χ1n) is 11.0. The van der Waals surface area contributed by atoms with E-state index in [1.54, 1.807) is 37.9 Å². The van der Waals surface area contributed by atoms with E-state index in [1.165, 1.54) is 0 Å². The monoisotopic (exact) mass is 461 g/mol. The van der Waals surface area contributed by atoms with E-state index >= 15 is 0 Å². The van der Waals surface area contributed by atoms with Crippen molar-refractivity contribution in [1.29, 1.82) is 0 Å². The quantitative estimate of drug-likeness (QED) is 0.346. The first-order chi connectivity index (χ1) is 17.2. The molecule has 0 saturated heterocycles. The number of fused-ring (bicyclic) bond motifs is 2. The largest absolute Gasteiger partial charge is 0.335 e. The van der Waals surface area contributed by atoms with Gasteiger partial charge in [-0.3, -0.25) is 24.8 Å². The minimum absolute atomic E-state index is 0.0753. The maximum absolute atomic E-state index is 11.8. The van der Waals surface area contributed by atoms with Crippen LogP contribution in [0.2, 0.25) is 0 Å². The highest BCUT2D eigenvalue weighted by molar-refractivity contribution is 5.97. The molecule has 10 nitrogen and oxygen atoms in total. The second kappa shape index (κ2) is 8.41. The highest BCUT2D eigenvalue weighted by Gasteiger charge is 2.17. The smallest absolute Gasteiger partial charge is 0.224 e. The van der Waals surface area contributed by atoms with Crippen LogP contribution in [0.5, 0.6) is 0 Å². The van der Waals surface area contributed by atoms with Crippen LogP contribution < -0.4 is 5.32 Å². The standard InChI is InChI=1S/C25H19N9O/c1-2-21(35)30-16-8-15(11-27-12-16)19-9-18-20(13-29-19)33-34-23(18)25-31-22-17(5-7-28-24(22)32-25)14-4-3-6-26-10-14/h3-13H,2H2,1H3,(H,30,35)(H,33,34)(H,28,31,32). The van der Waals surface area contributed by atoms with Crippen LogP contribution in [-0.4, -0.2) is 46.0 Å². The highest BCUT2D eigenvalue weighted by Crippen LogP contribution is 2.31. The molecule has 1 amide bonds. The van der Waals surface area contributed by atoms with E-state index in [-0.39, 0.29) is 5.91 Å². The molecule has 0 aromatic carbocycles. The Bertz CT molecular complexity index is 1690. The summed E-state index contributed by atoms with van der Waals surface area (Å²) in [7, 11) is 0. The normalized spacial score (nSPS) is 11.2. The van der Waals surface area contributed by atoms with E-state index in [2.05, 4.69) is 40.4 Å². The number of hydrogen-bond acceptors (Lipinski definition) is 7. The molecule has 10 heteroatoms. The molecular formula is C25H19N9O. The van der Waals surface area contributed by atoms with Crippen molar-refractivity contribution in [1.82, 2.24) is 40.1 Å². The summed E-state index contributed by atoms with van der Waals surface area (Å²) >= 11 is 0. The van der Waals surface area contributed by atoms with Gasteiger partial charge in [0.2, 0.25) is 5.91 Å². The molecule has 6 aromatic rings. The third-order valence-electron chi connectivity index (χ3n) is 5.68. The second-order valence-corrected chi connectivity index (χ2v) is 7.94. The molecule has 6 rings (SSSR count). The number of H-pyrrole nitrogens is 2. The lowest BCUT2D eigenvalue weighted by Crippen LogP contribution is -2.09. The van der Waals surface area contributed by atoms with Gasteiger partial charge < -0.3 is 10.3 Å². The summed E-state index contributed by atoms with van der Waals surface area (Å²) in [5, 5.41) is 11.2. The molecule has 0 aliphatic rings. The number of nitrogens with zero attached hydrogens (tertiary/aromatic N) is 6. The number of rotatable bonds is 5. The number of nitrogens with one attached hydrogen (secondary N) is 3. The second-order valence-electron chi connectivity index (χ2n) is 7.94. The molecule has 3 N–H and O–H groups in total. The first-order valence-corrected chi connectivity index (χ1v) is 11.0. The minimum Gasteiger partial charge on any atom is -0.335 e.